The van der Waals surface area contributed by atoms with E-state index in [-0.39, 0.29) is 0 Å². The van der Waals surface area contributed by atoms with Crippen LogP contribution in [0.25, 0.3) is 0 Å². The van der Waals surface area contributed by atoms with Gasteiger partial charge in [0.25, 0.3) is 0 Å². The molecular formula is C30H36N2O4. The number of amides is 1. The van der Waals surface area contributed by atoms with Gasteiger partial charge in [0, 0.05) is 6.54 Å². The Morgan fingerprint density at radius 2 is 1.22 bits per heavy atom. The van der Waals surface area contributed by atoms with Crippen molar-refractivity contribution in [2.45, 2.75) is 57.2 Å². The fourth-order valence-corrected chi connectivity index (χ4v) is 4.31. The van der Waals surface area contributed by atoms with Gasteiger partial charge in [0.05, 0.1) is 5.54 Å². The first-order valence-corrected chi connectivity index (χ1v) is 12.4. The predicted molar refractivity (Wildman–Crippen MR) is 142 cm³/mol. The van der Waals surface area contributed by atoms with Crippen molar-refractivity contribution in [1.29, 1.82) is 0 Å². The lowest BCUT2D eigenvalue weighted by molar-refractivity contribution is -0.140. The predicted octanol–water partition coefficient (Wildman–Crippen LogP) is 5.72. The van der Waals surface area contributed by atoms with Crippen molar-refractivity contribution in [1.82, 2.24) is 10.6 Å². The van der Waals surface area contributed by atoms with Crippen LogP contribution < -0.4 is 10.6 Å². The minimum atomic E-state index is -0.915. The molecular weight excluding hydrogens is 452 g/mol. The van der Waals surface area contributed by atoms with Crippen LogP contribution in [0.2, 0.25) is 0 Å². The summed E-state index contributed by atoms with van der Waals surface area (Å²) in [5.74, 6) is -0.915. The van der Waals surface area contributed by atoms with Crippen molar-refractivity contribution in [2.24, 2.45) is 0 Å². The zero-order valence-electron chi connectivity index (χ0n) is 21.2. The van der Waals surface area contributed by atoms with Gasteiger partial charge in [0.1, 0.15) is 11.6 Å². The number of rotatable bonds is 11. The SMILES string of the molecule is CC(C)(C)OC(=O)NCCCC[C@H](NC(c1ccccc1)(c1ccccc1)c1ccccc1)C(=O)O. The van der Waals surface area contributed by atoms with E-state index in [2.05, 4.69) is 10.6 Å². The molecule has 6 heteroatoms. The second-order valence-corrected chi connectivity index (χ2v) is 9.81. The molecule has 3 rings (SSSR count). The number of carboxylic acid groups (broad SMARTS) is 1. The Labute approximate surface area is 213 Å². The molecule has 0 saturated heterocycles. The number of carbonyl (C=O) groups excluding carboxylic acids is 1. The molecule has 0 unspecified atom stereocenters. The molecule has 3 aromatic carbocycles. The van der Waals surface area contributed by atoms with Crippen LogP contribution in [0.4, 0.5) is 4.79 Å². The first-order valence-electron chi connectivity index (χ1n) is 12.4. The lowest BCUT2D eigenvalue weighted by atomic mass is 9.76. The van der Waals surface area contributed by atoms with Gasteiger partial charge in [-0.2, -0.15) is 0 Å². The number of benzene rings is 3. The summed E-state index contributed by atoms with van der Waals surface area (Å²) in [4.78, 5) is 24.3. The summed E-state index contributed by atoms with van der Waals surface area (Å²) < 4.78 is 5.26. The van der Waals surface area contributed by atoms with Crippen LogP contribution in [0.5, 0.6) is 0 Å². The first-order chi connectivity index (χ1) is 17.2. The molecule has 1 atom stereocenters. The number of carbonyl (C=O) groups is 2. The average molecular weight is 489 g/mol. The number of unbranched alkanes of at least 4 members (excludes halogenated alkanes) is 1. The largest absolute Gasteiger partial charge is 0.480 e. The van der Waals surface area contributed by atoms with Gasteiger partial charge in [-0.1, -0.05) is 91.0 Å². The van der Waals surface area contributed by atoms with Gasteiger partial charge >= 0.3 is 12.1 Å². The lowest BCUT2D eigenvalue weighted by Crippen LogP contribution is -2.52. The van der Waals surface area contributed by atoms with Crippen molar-refractivity contribution in [2.75, 3.05) is 6.54 Å². The van der Waals surface area contributed by atoms with E-state index in [9.17, 15) is 14.7 Å². The van der Waals surface area contributed by atoms with E-state index in [1.807, 2.05) is 112 Å². The number of carboxylic acids is 1. The molecule has 3 N–H and O–H groups in total. The molecule has 6 nitrogen and oxygen atoms in total. The number of ether oxygens (including phenoxy) is 1. The number of aliphatic carboxylic acids is 1. The van der Waals surface area contributed by atoms with E-state index in [1.165, 1.54) is 0 Å². The molecule has 0 spiro atoms. The molecule has 3 aromatic rings. The normalized spacial score (nSPS) is 12.5. The van der Waals surface area contributed by atoms with Gasteiger partial charge in [0.2, 0.25) is 0 Å². The lowest BCUT2D eigenvalue weighted by Gasteiger charge is -2.39. The summed E-state index contributed by atoms with van der Waals surface area (Å²) in [6.45, 7) is 5.86. The highest BCUT2D eigenvalue weighted by Crippen LogP contribution is 2.37. The number of hydrogen-bond acceptors (Lipinski definition) is 4. The molecule has 0 bridgehead atoms. The Morgan fingerprint density at radius 1 is 0.778 bits per heavy atom. The van der Waals surface area contributed by atoms with Crippen LogP contribution in [0.3, 0.4) is 0 Å². The van der Waals surface area contributed by atoms with Crippen LogP contribution >= 0.6 is 0 Å². The van der Waals surface area contributed by atoms with Crippen molar-refractivity contribution in [3.8, 4) is 0 Å². The zero-order chi connectivity index (χ0) is 26.0. The Bertz CT molecular complexity index is 999. The molecule has 0 saturated carbocycles. The number of nitrogens with one attached hydrogen (secondary N) is 2. The summed E-state index contributed by atoms with van der Waals surface area (Å²) in [7, 11) is 0. The minimum Gasteiger partial charge on any atom is -0.480 e. The molecule has 0 aliphatic heterocycles. The highest BCUT2D eigenvalue weighted by molar-refractivity contribution is 5.74. The number of alkyl carbamates (subject to hydrolysis) is 1. The molecule has 0 heterocycles. The molecule has 0 aliphatic rings. The Balaban J connectivity index is 1.84. The second-order valence-electron chi connectivity index (χ2n) is 9.81. The maximum atomic E-state index is 12.4. The van der Waals surface area contributed by atoms with E-state index >= 15 is 0 Å². The quantitative estimate of drug-likeness (QED) is 0.237. The van der Waals surface area contributed by atoms with Gasteiger partial charge in [-0.15, -0.1) is 0 Å². The van der Waals surface area contributed by atoms with Crippen LogP contribution in [0.1, 0.15) is 56.7 Å². The van der Waals surface area contributed by atoms with E-state index in [4.69, 9.17) is 4.74 Å². The third-order valence-electron chi connectivity index (χ3n) is 5.90. The molecule has 0 radical (unpaired) electrons. The van der Waals surface area contributed by atoms with Crippen LogP contribution in [-0.2, 0) is 15.1 Å². The third kappa shape index (κ3) is 7.18. The van der Waals surface area contributed by atoms with E-state index in [0.717, 1.165) is 16.7 Å². The maximum Gasteiger partial charge on any atom is 0.407 e. The van der Waals surface area contributed by atoms with Crippen molar-refractivity contribution < 1.29 is 19.4 Å². The highest BCUT2D eigenvalue weighted by atomic mass is 16.6. The Hall–Kier alpha value is -3.64. The maximum absolute atomic E-state index is 12.4. The summed E-state index contributed by atoms with van der Waals surface area (Å²) in [6.07, 6.45) is 1.19. The third-order valence-corrected chi connectivity index (χ3v) is 5.90. The van der Waals surface area contributed by atoms with Gasteiger partial charge in [-0.25, -0.2) is 4.79 Å². The smallest absolute Gasteiger partial charge is 0.407 e. The second kappa shape index (κ2) is 12.4. The van der Waals surface area contributed by atoms with Crippen LogP contribution in [-0.4, -0.2) is 35.4 Å². The standard InChI is InChI=1S/C30H36N2O4/c1-29(2,3)36-28(35)31-22-14-13-21-26(27(33)34)32-30(23-15-7-4-8-16-23,24-17-9-5-10-18-24)25-19-11-6-12-20-25/h4-12,15-20,26,32H,13-14,21-22H2,1-3H3,(H,31,35)(H,33,34)/t26-/m0/s1. The summed E-state index contributed by atoms with van der Waals surface area (Å²) in [6, 6.07) is 29.0. The van der Waals surface area contributed by atoms with E-state index in [0.29, 0.717) is 25.8 Å². The van der Waals surface area contributed by atoms with Crippen molar-refractivity contribution >= 4 is 12.1 Å². The molecule has 0 fully saturated rings. The minimum absolute atomic E-state index is 0.402. The van der Waals surface area contributed by atoms with Crippen molar-refractivity contribution in [3.63, 3.8) is 0 Å². The highest BCUT2D eigenvalue weighted by Gasteiger charge is 2.39. The fraction of sp³-hybridized carbons (Fsp3) is 0.333. The zero-order valence-corrected chi connectivity index (χ0v) is 21.2. The monoisotopic (exact) mass is 488 g/mol. The van der Waals surface area contributed by atoms with Crippen LogP contribution in [0.15, 0.2) is 91.0 Å². The van der Waals surface area contributed by atoms with Gasteiger partial charge in [0.15, 0.2) is 0 Å². The Kier molecular flexibility index (Phi) is 9.25. The van der Waals surface area contributed by atoms with Gasteiger partial charge in [-0.05, 0) is 56.7 Å². The van der Waals surface area contributed by atoms with Crippen LogP contribution in [0, 0.1) is 0 Å². The van der Waals surface area contributed by atoms with E-state index < -0.39 is 29.2 Å². The van der Waals surface area contributed by atoms with E-state index in [1.54, 1.807) is 0 Å². The summed E-state index contributed by atoms with van der Waals surface area (Å²) in [5, 5.41) is 16.5. The molecule has 0 aliphatic carbocycles. The average Bonchev–Trinajstić information content (AvgIpc) is 2.86. The Morgan fingerprint density at radius 3 is 1.61 bits per heavy atom. The van der Waals surface area contributed by atoms with Gasteiger partial charge in [-0.3, -0.25) is 10.1 Å². The molecule has 0 aromatic heterocycles. The first kappa shape index (κ1) is 27.0. The number of hydrogen-bond donors (Lipinski definition) is 3. The topological polar surface area (TPSA) is 87.7 Å². The molecule has 190 valence electrons. The summed E-state index contributed by atoms with van der Waals surface area (Å²) >= 11 is 0. The summed E-state index contributed by atoms with van der Waals surface area (Å²) in [5.41, 5.74) is 1.46. The van der Waals surface area contributed by atoms with Crippen molar-refractivity contribution in [3.05, 3.63) is 108 Å². The van der Waals surface area contributed by atoms with Gasteiger partial charge < -0.3 is 15.2 Å². The molecule has 1 amide bonds. The molecule has 36 heavy (non-hydrogen) atoms. The fourth-order valence-electron chi connectivity index (χ4n) is 4.31.